The van der Waals surface area contributed by atoms with Crippen LogP contribution in [0.25, 0.3) is 0 Å². The maximum Gasteiger partial charge on any atom is 0.232 e. The van der Waals surface area contributed by atoms with Gasteiger partial charge in [0.15, 0.2) is 0 Å². The molecule has 17 heavy (non-hydrogen) atoms. The molecule has 0 fully saturated rings. The van der Waals surface area contributed by atoms with Gasteiger partial charge in [0, 0.05) is 19.0 Å². The van der Waals surface area contributed by atoms with Gasteiger partial charge in [-0.25, -0.2) is 0 Å². The molecule has 0 atom stereocenters. The fourth-order valence-electron chi connectivity index (χ4n) is 1.43. The Labute approximate surface area is 107 Å². The zero-order chi connectivity index (χ0) is 12.7. The summed E-state index contributed by atoms with van der Waals surface area (Å²) >= 11 is 5.77. The lowest BCUT2D eigenvalue weighted by atomic mass is 10.4. The maximum atomic E-state index is 5.77. The number of hydrogen-bond acceptors (Lipinski definition) is 5. The van der Waals surface area contributed by atoms with Crippen molar-refractivity contribution < 1.29 is 9.47 Å². The van der Waals surface area contributed by atoms with Crippen molar-refractivity contribution in [2.24, 2.45) is 0 Å². The third-order valence-corrected chi connectivity index (χ3v) is 2.39. The Kier molecular flexibility index (Phi) is 5.83. The van der Waals surface area contributed by atoms with Crippen molar-refractivity contribution in [3.8, 4) is 11.8 Å². The number of halogens is 1. The van der Waals surface area contributed by atoms with Crippen LogP contribution in [-0.2, 0) is 0 Å². The Morgan fingerprint density at radius 1 is 1.18 bits per heavy atom. The molecule has 1 aromatic rings. The number of hydrogen-bond donors (Lipinski definition) is 0. The van der Waals surface area contributed by atoms with E-state index in [1.54, 1.807) is 20.3 Å². The van der Waals surface area contributed by atoms with Crippen molar-refractivity contribution in [3.05, 3.63) is 6.07 Å². The number of rotatable bonds is 7. The molecule has 5 nitrogen and oxygen atoms in total. The molecular weight excluding hydrogens is 242 g/mol. The van der Waals surface area contributed by atoms with Crippen molar-refractivity contribution >= 4 is 17.5 Å². The minimum absolute atomic E-state index is 0.488. The summed E-state index contributed by atoms with van der Waals surface area (Å²) in [6.07, 6.45) is 1.000. The van der Waals surface area contributed by atoms with E-state index in [4.69, 9.17) is 21.1 Å². The Morgan fingerprint density at radius 2 is 1.76 bits per heavy atom. The molecule has 0 bridgehead atoms. The number of anilines is 1. The van der Waals surface area contributed by atoms with E-state index in [9.17, 15) is 0 Å². The first-order chi connectivity index (χ1) is 8.24. The number of aromatic nitrogens is 2. The molecule has 6 heteroatoms. The van der Waals surface area contributed by atoms with Gasteiger partial charge in [-0.1, -0.05) is 6.92 Å². The van der Waals surface area contributed by atoms with Gasteiger partial charge in [-0.3, -0.25) is 0 Å². The lowest BCUT2D eigenvalue weighted by molar-refractivity contribution is 0.371. The Morgan fingerprint density at radius 3 is 2.18 bits per heavy atom. The van der Waals surface area contributed by atoms with Crippen molar-refractivity contribution in [1.82, 2.24) is 9.97 Å². The van der Waals surface area contributed by atoms with Crippen molar-refractivity contribution in [2.45, 2.75) is 13.3 Å². The van der Waals surface area contributed by atoms with Gasteiger partial charge < -0.3 is 14.4 Å². The summed E-state index contributed by atoms with van der Waals surface area (Å²) in [4.78, 5) is 10.6. The van der Waals surface area contributed by atoms with Crippen LogP contribution in [0, 0.1) is 0 Å². The molecule has 0 spiro atoms. The normalized spacial score (nSPS) is 10.1. The molecule has 0 aliphatic rings. The van der Waals surface area contributed by atoms with Crippen LogP contribution >= 0.6 is 11.6 Å². The Balaban J connectivity index is 2.99. The minimum atomic E-state index is 0.488. The topological polar surface area (TPSA) is 47.5 Å². The van der Waals surface area contributed by atoms with E-state index >= 15 is 0 Å². The SMILES string of the molecule is CCCN(CCCl)c1nc(OC)cc(OC)n1. The number of nitrogens with zero attached hydrogens (tertiary/aromatic N) is 3. The first-order valence-corrected chi connectivity index (χ1v) is 6.06. The predicted octanol–water partition coefficient (Wildman–Crippen LogP) is 1.95. The molecule has 1 heterocycles. The summed E-state index contributed by atoms with van der Waals surface area (Å²) in [5.41, 5.74) is 0. The zero-order valence-corrected chi connectivity index (χ0v) is 11.2. The molecule has 0 unspecified atom stereocenters. The molecule has 1 aromatic heterocycles. The Hall–Kier alpha value is -1.23. The minimum Gasteiger partial charge on any atom is -0.481 e. The predicted molar refractivity (Wildman–Crippen MR) is 68.4 cm³/mol. The van der Waals surface area contributed by atoms with Crippen LogP contribution in [0.4, 0.5) is 5.95 Å². The van der Waals surface area contributed by atoms with E-state index in [0.717, 1.165) is 13.0 Å². The molecule has 0 amide bonds. The molecule has 0 aromatic carbocycles. The van der Waals surface area contributed by atoms with Gasteiger partial charge in [0.05, 0.1) is 20.3 Å². The zero-order valence-electron chi connectivity index (χ0n) is 10.4. The lowest BCUT2D eigenvalue weighted by Crippen LogP contribution is -2.28. The summed E-state index contributed by atoms with van der Waals surface area (Å²) in [6, 6.07) is 1.65. The fourth-order valence-corrected chi connectivity index (χ4v) is 1.63. The van der Waals surface area contributed by atoms with Crippen LogP contribution in [0.3, 0.4) is 0 Å². The van der Waals surface area contributed by atoms with Crippen LogP contribution in [0.5, 0.6) is 11.8 Å². The maximum absolute atomic E-state index is 5.77. The highest BCUT2D eigenvalue weighted by molar-refractivity contribution is 6.18. The molecule has 96 valence electrons. The van der Waals surface area contributed by atoms with E-state index in [1.165, 1.54) is 0 Å². The summed E-state index contributed by atoms with van der Waals surface area (Å²) in [6.45, 7) is 3.65. The highest BCUT2D eigenvalue weighted by Crippen LogP contribution is 2.20. The second-order valence-corrected chi connectivity index (χ2v) is 3.81. The van der Waals surface area contributed by atoms with Crippen LogP contribution < -0.4 is 14.4 Å². The molecule has 0 aliphatic carbocycles. The average Bonchev–Trinajstić information content (AvgIpc) is 2.37. The van der Waals surface area contributed by atoms with Gasteiger partial charge in [-0.2, -0.15) is 9.97 Å². The third kappa shape index (κ3) is 3.93. The monoisotopic (exact) mass is 259 g/mol. The van der Waals surface area contributed by atoms with E-state index in [0.29, 0.717) is 30.1 Å². The highest BCUT2D eigenvalue weighted by Gasteiger charge is 2.12. The van der Waals surface area contributed by atoms with Gasteiger partial charge in [0.1, 0.15) is 0 Å². The van der Waals surface area contributed by atoms with Crippen LogP contribution in [-0.4, -0.2) is 43.2 Å². The lowest BCUT2D eigenvalue weighted by Gasteiger charge is -2.21. The van der Waals surface area contributed by atoms with Crippen LogP contribution in [0.1, 0.15) is 13.3 Å². The van der Waals surface area contributed by atoms with Gasteiger partial charge >= 0.3 is 0 Å². The van der Waals surface area contributed by atoms with E-state index in [-0.39, 0.29) is 0 Å². The number of ether oxygens (including phenoxy) is 2. The molecule has 0 radical (unpaired) electrons. The number of alkyl halides is 1. The molecular formula is C11H18ClN3O2. The summed E-state index contributed by atoms with van der Waals surface area (Å²) in [5, 5.41) is 0. The standard InChI is InChI=1S/C11H18ClN3O2/c1-4-6-15(7-5-12)11-13-9(16-2)8-10(14-11)17-3/h8H,4-7H2,1-3H3. The van der Waals surface area contributed by atoms with Gasteiger partial charge in [0.25, 0.3) is 0 Å². The highest BCUT2D eigenvalue weighted by atomic mass is 35.5. The summed E-state index contributed by atoms with van der Waals surface area (Å²) in [5.74, 6) is 2.09. The largest absolute Gasteiger partial charge is 0.481 e. The smallest absolute Gasteiger partial charge is 0.232 e. The van der Waals surface area contributed by atoms with Gasteiger partial charge in [-0.05, 0) is 6.42 Å². The van der Waals surface area contributed by atoms with Crippen molar-refractivity contribution in [2.75, 3.05) is 38.1 Å². The average molecular weight is 260 g/mol. The molecule has 0 saturated carbocycles. The van der Waals surface area contributed by atoms with Gasteiger partial charge in [-0.15, -0.1) is 11.6 Å². The third-order valence-electron chi connectivity index (χ3n) is 2.22. The molecule has 1 rings (SSSR count). The molecule has 0 aliphatic heterocycles. The van der Waals surface area contributed by atoms with Crippen molar-refractivity contribution in [1.29, 1.82) is 0 Å². The second kappa shape index (κ2) is 7.17. The van der Waals surface area contributed by atoms with E-state index in [2.05, 4.69) is 16.9 Å². The van der Waals surface area contributed by atoms with E-state index in [1.807, 2.05) is 4.90 Å². The van der Waals surface area contributed by atoms with Crippen molar-refractivity contribution in [3.63, 3.8) is 0 Å². The fraction of sp³-hybridized carbons (Fsp3) is 0.636. The molecule has 0 N–H and O–H groups in total. The quantitative estimate of drug-likeness (QED) is 0.701. The molecule has 0 saturated heterocycles. The van der Waals surface area contributed by atoms with E-state index < -0.39 is 0 Å². The summed E-state index contributed by atoms with van der Waals surface area (Å²) < 4.78 is 10.2. The van der Waals surface area contributed by atoms with Crippen LogP contribution in [0.15, 0.2) is 6.07 Å². The first kappa shape index (κ1) is 13.8. The van der Waals surface area contributed by atoms with Crippen LogP contribution in [0.2, 0.25) is 0 Å². The van der Waals surface area contributed by atoms with Gasteiger partial charge in [0.2, 0.25) is 17.7 Å². The first-order valence-electron chi connectivity index (χ1n) is 5.53. The summed E-state index contributed by atoms with van der Waals surface area (Å²) in [7, 11) is 3.13. The second-order valence-electron chi connectivity index (χ2n) is 3.43. The number of methoxy groups -OCH3 is 2. The Bertz CT molecular complexity index is 321.